The second kappa shape index (κ2) is 7.96. The zero-order chi connectivity index (χ0) is 17.5. The number of pyridine rings is 1. The first-order chi connectivity index (χ1) is 11.5. The molecule has 0 aliphatic carbocycles. The summed E-state index contributed by atoms with van der Waals surface area (Å²) in [6, 6.07) is 9.74. The summed E-state index contributed by atoms with van der Waals surface area (Å²) in [5.41, 5.74) is 1.04. The number of rotatable bonds is 5. The Hall–Kier alpha value is -3.09. The third kappa shape index (κ3) is 4.70. The highest BCUT2D eigenvalue weighted by Crippen LogP contribution is 2.17. The highest BCUT2D eigenvalue weighted by molar-refractivity contribution is 6.00. The highest BCUT2D eigenvalue weighted by Gasteiger charge is 2.10. The van der Waals surface area contributed by atoms with Crippen LogP contribution >= 0.6 is 0 Å². The molecule has 0 aliphatic heterocycles. The van der Waals surface area contributed by atoms with Crippen molar-refractivity contribution in [2.45, 2.75) is 6.92 Å². The summed E-state index contributed by atoms with van der Waals surface area (Å²) < 4.78 is 5.38. The van der Waals surface area contributed by atoms with Crippen LogP contribution in [0.25, 0.3) is 0 Å². The predicted octanol–water partition coefficient (Wildman–Crippen LogP) is 2.83. The molecule has 0 bridgehead atoms. The van der Waals surface area contributed by atoms with Gasteiger partial charge in [0.1, 0.15) is 11.6 Å². The first kappa shape index (κ1) is 17.3. The number of carbonyl (C=O) groups is 2. The summed E-state index contributed by atoms with van der Waals surface area (Å²) in [5.74, 6) is 0.804. The molecule has 0 aliphatic rings. The van der Waals surface area contributed by atoms with E-state index in [4.69, 9.17) is 4.74 Å². The maximum atomic E-state index is 12.1. The number of carbonyl (C=O) groups excluding carboxylic acids is 2. The van der Waals surface area contributed by atoms with Crippen molar-refractivity contribution in [2.24, 2.45) is 0 Å². The van der Waals surface area contributed by atoms with Gasteiger partial charge in [-0.3, -0.25) is 10.1 Å². The lowest BCUT2D eigenvalue weighted by Gasteiger charge is -2.12. The molecule has 3 amide bonds. The Morgan fingerprint density at radius 2 is 1.96 bits per heavy atom. The number of hydrogen-bond donors (Lipinski definition) is 2. The second-order valence-electron chi connectivity index (χ2n) is 5.17. The highest BCUT2D eigenvalue weighted by atomic mass is 16.5. The van der Waals surface area contributed by atoms with E-state index in [0.29, 0.717) is 29.4 Å². The summed E-state index contributed by atoms with van der Waals surface area (Å²) in [6.45, 7) is 2.44. The molecule has 7 nitrogen and oxygen atoms in total. The Morgan fingerprint density at radius 1 is 1.17 bits per heavy atom. The Kier molecular flexibility index (Phi) is 5.73. The van der Waals surface area contributed by atoms with E-state index in [2.05, 4.69) is 15.6 Å². The summed E-state index contributed by atoms with van der Waals surface area (Å²) in [6.07, 6.45) is 1.47. The van der Waals surface area contributed by atoms with Gasteiger partial charge in [-0.15, -0.1) is 0 Å². The largest absolute Gasteiger partial charge is 0.494 e. The summed E-state index contributed by atoms with van der Waals surface area (Å²) in [7, 11) is 3.32. The Balaban J connectivity index is 2.03. The third-order valence-electron chi connectivity index (χ3n) is 3.06. The van der Waals surface area contributed by atoms with Crippen molar-refractivity contribution in [1.29, 1.82) is 0 Å². The van der Waals surface area contributed by atoms with Gasteiger partial charge in [0.25, 0.3) is 5.91 Å². The van der Waals surface area contributed by atoms with Gasteiger partial charge in [0.05, 0.1) is 6.61 Å². The molecular formula is C17H20N4O3. The van der Waals surface area contributed by atoms with Gasteiger partial charge in [0.2, 0.25) is 0 Å². The molecule has 7 heteroatoms. The van der Waals surface area contributed by atoms with Crippen LogP contribution in [-0.4, -0.2) is 42.5 Å². The Morgan fingerprint density at radius 3 is 2.67 bits per heavy atom. The van der Waals surface area contributed by atoms with Crippen molar-refractivity contribution in [2.75, 3.05) is 31.3 Å². The Bertz CT molecular complexity index is 731. The molecule has 126 valence electrons. The first-order valence-electron chi connectivity index (χ1n) is 7.48. The lowest BCUT2D eigenvalue weighted by Crippen LogP contribution is -2.23. The fraction of sp³-hybridized carbons (Fsp3) is 0.235. The van der Waals surface area contributed by atoms with Gasteiger partial charge in [0.15, 0.2) is 0 Å². The number of hydrogen-bond acceptors (Lipinski definition) is 4. The van der Waals surface area contributed by atoms with Crippen molar-refractivity contribution < 1.29 is 14.3 Å². The average molecular weight is 328 g/mol. The minimum atomic E-state index is -0.453. The number of aromatic nitrogens is 1. The molecule has 0 saturated carbocycles. The third-order valence-corrected chi connectivity index (χ3v) is 3.06. The molecule has 2 N–H and O–H groups in total. The summed E-state index contributed by atoms with van der Waals surface area (Å²) in [4.78, 5) is 29.5. The molecular weight excluding hydrogens is 308 g/mol. The lowest BCUT2D eigenvalue weighted by atomic mass is 10.2. The molecule has 2 rings (SSSR count). The van der Waals surface area contributed by atoms with Gasteiger partial charge >= 0.3 is 6.03 Å². The molecule has 0 saturated heterocycles. The summed E-state index contributed by atoms with van der Waals surface area (Å²) >= 11 is 0. The van der Waals surface area contributed by atoms with Crippen LogP contribution in [0.5, 0.6) is 5.75 Å². The topological polar surface area (TPSA) is 83.6 Å². The zero-order valence-corrected chi connectivity index (χ0v) is 13.9. The maximum absolute atomic E-state index is 12.1. The van der Waals surface area contributed by atoms with Gasteiger partial charge in [-0.1, -0.05) is 6.07 Å². The summed E-state index contributed by atoms with van der Waals surface area (Å²) in [5, 5.41) is 5.30. The van der Waals surface area contributed by atoms with Crippen molar-refractivity contribution in [3.8, 4) is 5.75 Å². The van der Waals surface area contributed by atoms with Gasteiger partial charge in [0, 0.05) is 37.6 Å². The normalized spacial score (nSPS) is 9.96. The van der Waals surface area contributed by atoms with Crippen LogP contribution in [-0.2, 0) is 0 Å². The molecule has 2 aromatic rings. The molecule has 1 aromatic heterocycles. The molecule has 0 radical (unpaired) electrons. The van der Waals surface area contributed by atoms with Crippen LogP contribution in [0, 0.1) is 0 Å². The molecule has 0 atom stereocenters. The number of amides is 3. The molecule has 0 fully saturated rings. The van der Waals surface area contributed by atoms with Gasteiger partial charge in [-0.2, -0.15) is 0 Å². The standard InChI is InChI=1S/C17H20N4O3/c1-4-24-14-7-5-6-13(11-14)19-17(23)20-15-10-12(8-9-18-15)16(22)21(2)3/h5-11H,4H2,1-3H3,(H2,18,19,20,23). The number of urea groups is 1. The molecule has 1 aromatic carbocycles. The molecule has 1 heterocycles. The number of ether oxygens (including phenoxy) is 1. The number of nitrogens with one attached hydrogen (secondary N) is 2. The van der Waals surface area contributed by atoms with Gasteiger partial charge in [-0.05, 0) is 31.2 Å². The van der Waals surface area contributed by atoms with E-state index in [-0.39, 0.29) is 5.91 Å². The van der Waals surface area contributed by atoms with Crippen LogP contribution in [0.4, 0.5) is 16.3 Å². The van der Waals surface area contributed by atoms with Crippen molar-refractivity contribution >= 4 is 23.4 Å². The molecule has 0 spiro atoms. The van der Waals surface area contributed by atoms with Gasteiger partial charge < -0.3 is 15.0 Å². The zero-order valence-electron chi connectivity index (χ0n) is 13.9. The van der Waals surface area contributed by atoms with Crippen molar-refractivity contribution in [3.05, 3.63) is 48.2 Å². The number of anilines is 2. The van der Waals surface area contributed by atoms with Gasteiger partial charge in [-0.25, -0.2) is 9.78 Å². The smallest absolute Gasteiger partial charge is 0.324 e. The number of benzene rings is 1. The van der Waals surface area contributed by atoms with E-state index in [1.54, 1.807) is 38.4 Å². The molecule has 0 unspecified atom stereocenters. The Labute approximate surface area is 140 Å². The van der Waals surface area contributed by atoms with Crippen molar-refractivity contribution in [1.82, 2.24) is 9.88 Å². The quantitative estimate of drug-likeness (QED) is 0.884. The SMILES string of the molecule is CCOc1cccc(NC(=O)Nc2cc(C(=O)N(C)C)ccn2)c1. The number of nitrogens with zero attached hydrogens (tertiary/aromatic N) is 2. The van der Waals surface area contributed by atoms with Crippen molar-refractivity contribution in [3.63, 3.8) is 0 Å². The van der Waals surface area contributed by atoms with Crippen LogP contribution in [0.3, 0.4) is 0 Å². The van der Waals surface area contributed by atoms with Crippen LogP contribution in [0.2, 0.25) is 0 Å². The second-order valence-corrected chi connectivity index (χ2v) is 5.17. The van der Waals surface area contributed by atoms with E-state index in [1.165, 1.54) is 17.2 Å². The fourth-order valence-electron chi connectivity index (χ4n) is 2.00. The van der Waals surface area contributed by atoms with Crippen LogP contribution in [0.15, 0.2) is 42.6 Å². The maximum Gasteiger partial charge on any atom is 0.324 e. The first-order valence-corrected chi connectivity index (χ1v) is 7.48. The van der Waals surface area contributed by atoms with E-state index in [9.17, 15) is 9.59 Å². The van der Waals surface area contributed by atoms with Crippen LogP contribution in [0.1, 0.15) is 17.3 Å². The van der Waals surface area contributed by atoms with Crippen LogP contribution < -0.4 is 15.4 Å². The van der Waals surface area contributed by atoms with E-state index >= 15 is 0 Å². The predicted molar refractivity (Wildman–Crippen MR) is 92.5 cm³/mol. The van der Waals surface area contributed by atoms with E-state index in [0.717, 1.165) is 0 Å². The lowest BCUT2D eigenvalue weighted by molar-refractivity contribution is 0.0827. The minimum Gasteiger partial charge on any atom is -0.494 e. The average Bonchev–Trinajstić information content (AvgIpc) is 2.54. The molecule has 24 heavy (non-hydrogen) atoms. The minimum absolute atomic E-state index is 0.162. The van der Waals surface area contributed by atoms with E-state index in [1.807, 2.05) is 13.0 Å². The fourth-order valence-corrected chi connectivity index (χ4v) is 2.00. The monoisotopic (exact) mass is 328 g/mol. The van der Waals surface area contributed by atoms with E-state index < -0.39 is 6.03 Å².